The highest BCUT2D eigenvalue weighted by Crippen LogP contribution is 2.39. The van der Waals surface area contributed by atoms with Crippen molar-refractivity contribution in [3.63, 3.8) is 0 Å². The minimum Gasteiger partial charge on any atom is -0.381 e. The largest absolute Gasteiger partial charge is 0.381 e. The van der Waals surface area contributed by atoms with Crippen LogP contribution in [0.5, 0.6) is 0 Å². The molecule has 0 fully saturated rings. The first-order chi connectivity index (χ1) is 28.5. The molecule has 0 amide bonds. The van der Waals surface area contributed by atoms with Gasteiger partial charge < -0.3 is 14.2 Å². The van der Waals surface area contributed by atoms with Crippen LogP contribution in [-0.2, 0) is 14.2 Å². The number of hydrogen-bond acceptors (Lipinski definition) is 3. The second-order valence-corrected chi connectivity index (χ2v) is 18.6. The topological polar surface area (TPSA) is 27.7 Å². The molecule has 0 aromatic rings. The Hall–Kier alpha value is -0.120. The van der Waals surface area contributed by atoms with E-state index in [0.29, 0.717) is 17.3 Å². The Morgan fingerprint density at radius 3 is 0.746 bits per heavy atom. The van der Waals surface area contributed by atoms with Crippen LogP contribution >= 0.6 is 0 Å². The predicted octanol–water partition coefficient (Wildman–Crippen LogP) is 19.8. The molecule has 0 N–H and O–H groups in total. The summed E-state index contributed by atoms with van der Waals surface area (Å²) in [5.74, 6) is 4.56. The first-order valence-corrected chi connectivity index (χ1v) is 27.2. The van der Waals surface area contributed by atoms with Gasteiger partial charge in [-0.25, -0.2) is 0 Å². The maximum Gasteiger partial charge on any atom is 0.0516 e. The van der Waals surface area contributed by atoms with Crippen molar-refractivity contribution in [3.8, 4) is 0 Å². The van der Waals surface area contributed by atoms with Gasteiger partial charge in [-0.05, 0) is 86.4 Å². The van der Waals surface area contributed by atoms with E-state index in [2.05, 4.69) is 125 Å². The summed E-state index contributed by atoms with van der Waals surface area (Å²) in [5.41, 5.74) is 0.701. The van der Waals surface area contributed by atoms with Gasteiger partial charge in [-0.2, -0.15) is 0 Å². The van der Waals surface area contributed by atoms with Gasteiger partial charge in [-0.3, -0.25) is 0 Å². The molecule has 364 valence electrons. The lowest BCUT2D eigenvalue weighted by Crippen LogP contribution is -2.20. The van der Waals surface area contributed by atoms with Gasteiger partial charge in [0.25, 0.3) is 0 Å². The fourth-order valence-electron chi connectivity index (χ4n) is 8.32. The van der Waals surface area contributed by atoms with E-state index in [9.17, 15) is 0 Å². The fraction of sp³-hybridized carbons (Fsp3) is 1.00. The Morgan fingerprint density at radius 2 is 0.525 bits per heavy atom. The third kappa shape index (κ3) is 48.8. The molecule has 0 aromatic carbocycles. The number of rotatable bonds is 36. The lowest BCUT2D eigenvalue weighted by molar-refractivity contribution is 0.0157. The minimum atomic E-state index is 0.559. The molecule has 59 heavy (non-hydrogen) atoms. The van der Waals surface area contributed by atoms with Crippen LogP contribution < -0.4 is 0 Å². The van der Waals surface area contributed by atoms with E-state index in [1.807, 2.05) is 0 Å². The molecule has 0 bridgehead atoms. The highest BCUT2D eigenvalue weighted by molar-refractivity contribution is 4.77. The van der Waals surface area contributed by atoms with Gasteiger partial charge >= 0.3 is 0 Å². The summed E-state index contributed by atoms with van der Waals surface area (Å²) in [6, 6.07) is 0. The Balaban J connectivity index is -0.000000220. The molecular weight excluding hydrogens is 721 g/mol. The van der Waals surface area contributed by atoms with E-state index in [1.165, 1.54) is 154 Å². The van der Waals surface area contributed by atoms with Crippen LogP contribution in [-0.4, -0.2) is 39.6 Å². The first-order valence-electron chi connectivity index (χ1n) is 27.2. The van der Waals surface area contributed by atoms with Gasteiger partial charge in [0.15, 0.2) is 0 Å². The molecule has 5 atom stereocenters. The molecule has 0 rings (SSSR count). The second kappa shape index (κ2) is 55.9. The molecule has 0 saturated heterocycles. The van der Waals surface area contributed by atoms with Crippen LogP contribution in [0.25, 0.3) is 0 Å². The highest BCUT2D eigenvalue weighted by atomic mass is 16.5. The van der Waals surface area contributed by atoms with Gasteiger partial charge in [0, 0.05) is 32.3 Å². The molecule has 0 aliphatic heterocycles. The minimum absolute atomic E-state index is 0.559. The average molecular weight is 844 g/mol. The van der Waals surface area contributed by atoms with Crippen LogP contribution in [0.4, 0.5) is 0 Å². The molecule has 3 heteroatoms. The highest BCUT2D eigenvalue weighted by Gasteiger charge is 2.25. The molecule has 0 radical (unpaired) electrons. The fourth-order valence-corrected chi connectivity index (χ4v) is 8.32. The average Bonchev–Trinajstić information content (AvgIpc) is 3.23. The van der Waals surface area contributed by atoms with Crippen molar-refractivity contribution in [2.45, 2.75) is 285 Å². The van der Waals surface area contributed by atoms with E-state index in [4.69, 9.17) is 14.2 Å². The van der Waals surface area contributed by atoms with Crippen molar-refractivity contribution in [1.82, 2.24) is 0 Å². The third-order valence-electron chi connectivity index (χ3n) is 12.4. The van der Waals surface area contributed by atoms with Crippen LogP contribution in [0.3, 0.4) is 0 Å². The van der Waals surface area contributed by atoms with E-state index >= 15 is 0 Å². The Labute approximate surface area is 378 Å². The number of ether oxygens (including phenoxy) is 3. The zero-order chi connectivity index (χ0) is 46.0. The third-order valence-corrected chi connectivity index (χ3v) is 12.4. The normalized spacial score (nSPS) is 13.7. The lowest BCUT2D eigenvalue weighted by Gasteiger charge is -2.33. The molecule has 0 aliphatic carbocycles. The summed E-state index contributed by atoms with van der Waals surface area (Å²) in [4.78, 5) is 0. The zero-order valence-corrected chi connectivity index (χ0v) is 45.1. The summed E-state index contributed by atoms with van der Waals surface area (Å²) in [7, 11) is 0. The van der Waals surface area contributed by atoms with Crippen LogP contribution in [0.2, 0.25) is 0 Å². The van der Waals surface area contributed by atoms with Gasteiger partial charge in [-0.1, -0.05) is 234 Å². The molecule has 0 saturated carbocycles. The van der Waals surface area contributed by atoms with Crippen molar-refractivity contribution in [3.05, 3.63) is 0 Å². The molecule has 0 spiro atoms. The lowest BCUT2D eigenvalue weighted by atomic mass is 9.72. The monoisotopic (exact) mass is 843 g/mol. The van der Waals surface area contributed by atoms with Crippen LogP contribution in [0, 0.1) is 40.9 Å². The SMILES string of the molecule is CCC.CCCC(CC)CCC.CCCC(CC)COCC(CC)CCC.CCCC(CC)COCC(CC)COCC(C)CC.CCCC(CCC)(CCC)CCC. The Bertz CT molecular complexity index is 645. The molecule has 3 nitrogen and oxygen atoms in total. The first kappa shape index (κ1) is 67.9. The molecule has 5 unspecified atom stereocenters. The van der Waals surface area contributed by atoms with E-state index in [0.717, 1.165) is 69.7 Å². The van der Waals surface area contributed by atoms with E-state index in [1.54, 1.807) is 0 Å². The smallest absolute Gasteiger partial charge is 0.0516 e. The van der Waals surface area contributed by atoms with Crippen molar-refractivity contribution < 1.29 is 14.2 Å². The quantitative estimate of drug-likeness (QED) is 0.0629. The maximum atomic E-state index is 5.90. The summed E-state index contributed by atoms with van der Waals surface area (Å²) >= 11 is 0. The van der Waals surface area contributed by atoms with Gasteiger partial charge in [0.2, 0.25) is 0 Å². The standard InChI is InChI=1S/C17H36O2.C14H30O.C13H28.C9H20.C3H8/c1-6-10-16(8-3)12-19-14-17(9-4)13-18-11-15(5)7-2;1-5-9-13(7-3)11-15-12-14(8-4)10-6-2;1-5-9-13(10-6-2,11-7-3)12-8-4;1-4-7-9(6-3)8-5-2;1-3-2/h15-17H,6-14H2,1-5H3;13-14H,5-12H2,1-4H3;5-12H2,1-4H3;9H,4-8H2,1-3H3;3H2,1-2H3. The van der Waals surface area contributed by atoms with Gasteiger partial charge in [-0.15, -0.1) is 0 Å². The summed E-state index contributed by atoms with van der Waals surface area (Å²) < 4.78 is 17.5. The van der Waals surface area contributed by atoms with Crippen molar-refractivity contribution >= 4 is 0 Å². The van der Waals surface area contributed by atoms with Crippen molar-refractivity contribution in [1.29, 1.82) is 0 Å². The summed E-state index contributed by atoms with van der Waals surface area (Å²) in [5, 5.41) is 0. The molecular formula is C56H122O3. The summed E-state index contributed by atoms with van der Waals surface area (Å²) in [6.45, 7) is 46.2. The number of hydrogen-bond donors (Lipinski definition) is 0. The Kier molecular flexibility index (Phi) is 64.4. The predicted molar refractivity (Wildman–Crippen MR) is 273 cm³/mol. The molecule has 0 aliphatic rings. The van der Waals surface area contributed by atoms with E-state index in [-0.39, 0.29) is 0 Å². The summed E-state index contributed by atoms with van der Waals surface area (Å²) in [6.07, 6.45) is 33.3. The van der Waals surface area contributed by atoms with Gasteiger partial charge in [0.05, 0.1) is 13.2 Å². The van der Waals surface area contributed by atoms with Crippen molar-refractivity contribution in [2.24, 2.45) is 40.9 Å². The second-order valence-electron chi connectivity index (χ2n) is 18.6. The zero-order valence-electron chi connectivity index (χ0n) is 45.1. The van der Waals surface area contributed by atoms with Gasteiger partial charge in [0.1, 0.15) is 0 Å². The molecule has 0 heterocycles. The van der Waals surface area contributed by atoms with Crippen LogP contribution in [0.1, 0.15) is 285 Å². The van der Waals surface area contributed by atoms with Crippen LogP contribution in [0.15, 0.2) is 0 Å². The maximum absolute atomic E-state index is 5.90. The van der Waals surface area contributed by atoms with E-state index < -0.39 is 0 Å². The molecule has 0 aromatic heterocycles. The van der Waals surface area contributed by atoms with Crippen molar-refractivity contribution in [2.75, 3.05) is 39.6 Å². The Morgan fingerprint density at radius 1 is 0.288 bits per heavy atom.